The van der Waals surface area contributed by atoms with Crippen LogP contribution in [0.15, 0.2) is 59.5 Å². The lowest BCUT2D eigenvalue weighted by Crippen LogP contribution is -2.47. The highest BCUT2D eigenvalue weighted by Gasteiger charge is 2.30. The van der Waals surface area contributed by atoms with Crippen LogP contribution in [0.2, 0.25) is 5.02 Å². The van der Waals surface area contributed by atoms with Crippen LogP contribution in [0.25, 0.3) is 10.9 Å². The van der Waals surface area contributed by atoms with Crippen molar-refractivity contribution < 1.29 is 23.9 Å². The first-order valence-corrected chi connectivity index (χ1v) is 18.6. The van der Waals surface area contributed by atoms with Gasteiger partial charge in [0.25, 0.3) is 17.4 Å². The molecule has 16 heteroatoms. The highest BCUT2D eigenvalue weighted by atomic mass is 35.5. The quantitative estimate of drug-likeness (QED) is 0.168. The summed E-state index contributed by atoms with van der Waals surface area (Å²) in [6.45, 7) is 4.65. The van der Waals surface area contributed by atoms with Gasteiger partial charge >= 0.3 is 0 Å². The third-order valence-electron chi connectivity index (χ3n) is 10.1. The van der Waals surface area contributed by atoms with E-state index in [9.17, 15) is 19.2 Å². The minimum atomic E-state index is -0.883. The Balaban J connectivity index is 0.816. The van der Waals surface area contributed by atoms with Crippen molar-refractivity contribution >= 4 is 46.0 Å². The fourth-order valence-electron chi connectivity index (χ4n) is 7.08. The SMILES string of the molecule is N#Cc1ccc(O[C@H]2CC[C@H](NC(=O)c3ccc(N4CCN(CCCOc5ccc6nnn(C7CCC(=O)NC7=O)c(=O)c6c5)CC4)nc3)CC2)cc1Cl. The number of nitriles is 1. The predicted octanol–water partition coefficient (Wildman–Crippen LogP) is 3.40. The number of fused-ring (bicyclic) bond motifs is 1. The number of carbonyl (C=O) groups excluding carboxylic acids is 3. The number of rotatable bonds is 11. The van der Waals surface area contributed by atoms with Crippen LogP contribution in [0, 0.1) is 11.3 Å². The van der Waals surface area contributed by atoms with Crippen LogP contribution in [-0.4, -0.2) is 94.1 Å². The Morgan fingerprint density at radius 1 is 0.981 bits per heavy atom. The summed E-state index contributed by atoms with van der Waals surface area (Å²) in [7, 11) is 0. The summed E-state index contributed by atoms with van der Waals surface area (Å²) in [6.07, 6.45) is 6.00. The molecule has 4 heterocycles. The Hall–Kier alpha value is -5.59. The molecule has 54 heavy (non-hydrogen) atoms. The standard InChI is InChI=1S/C38H40ClN9O6/c39-31-21-29(6-2-24(31)22-40)54-27-7-4-26(5-8-27)42-36(50)25-3-12-34(41-23-25)47-17-15-46(16-18-47)14-1-19-53-28-9-10-32-30(20-28)38(52)48(45-44-32)33-11-13-35(49)43-37(33)51/h2-3,6,9-10,12,20-21,23,26-27,33H,1,4-5,7-8,11,13-19H2,(H,42,50)(H,43,49,51)/t26-,27-,33?. The summed E-state index contributed by atoms with van der Waals surface area (Å²) in [4.78, 5) is 59.2. The molecule has 3 amide bonds. The highest BCUT2D eigenvalue weighted by Crippen LogP contribution is 2.28. The van der Waals surface area contributed by atoms with E-state index in [0.29, 0.717) is 45.2 Å². The number of aromatic nitrogens is 4. The van der Waals surface area contributed by atoms with Gasteiger partial charge < -0.3 is 19.7 Å². The fourth-order valence-corrected chi connectivity index (χ4v) is 7.29. The molecule has 2 aromatic carbocycles. The number of piperazine rings is 1. The number of pyridine rings is 1. The molecule has 0 spiro atoms. The second kappa shape index (κ2) is 16.6. The van der Waals surface area contributed by atoms with Crippen LogP contribution in [0.3, 0.4) is 0 Å². The van der Waals surface area contributed by atoms with Crippen molar-refractivity contribution in [3.8, 4) is 17.6 Å². The number of nitrogens with one attached hydrogen (secondary N) is 2. The molecule has 2 saturated heterocycles. The molecular weight excluding hydrogens is 714 g/mol. The Morgan fingerprint density at radius 2 is 1.78 bits per heavy atom. The van der Waals surface area contributed by atoms with Gasteiger partial charge in [0.05, 0.1) is 34.2 Å². The lowest BCUT2D eigenvalue weighted by molar-refractivity contribution is -0.136. The van der Waals surface area contributed by atoms with E-state index in [1.165, 1.54) is 0 Å². The number of anilines is 1. The maximum Gasteiger partial charge on any atom is 0.278 e. The van der Waals surface area contributed by atoms with Gasteiger partial charge in [0, 0.05) is 57.4 Å². The number of amides is 3. The van der Waals surface area contributed by atoms with Gasteiger partial charge in [-0.05, 0) is 81.0 Å². The van der Waals surface area contributed by atoms with Crippen molar-refractivity contribution in [1.82, 2.24) is 35.5 Å². The van der Waals surface area contributed by atoms with Gasteiger partial charge in [0.15, 0.2) is 0 Å². The fraction of sp³-hybridized carbons (Fsp3) is 0.421. The normalized spacial score (nSPS) is 20.6. The van der Waals surface area contributed by atoms with Crippen LogP contribution in [0.1, 0.15) is 66.9 Å². The van der Waals surface area contributed by atoms with Gasteiger partial charge in [0.2, 0.25) is 5.91 Å². The topological polar surface area (TPSA) is 185 Å². The van der Waals surface area contributed by atoms with Crippen LogP contribution >= 0.6 is 11.6 Å². The average Bonchev–Trinajstić information content (AvgIpc) is 3.18. The zero-order chi connectivity index (χ0) is 37.6. The van der Waals surface area contributed by atoms with E-state index in [-0.39, 0.29) is 36.8 Å². The number of halogens is 1. The van der Waals surface area contributed by atoms with Crippen molar-refractivity contribution in [2.75, 3.05) is 44.2 Å². The number of imide groups is 1. The van der Waals surface area contributed by atoms with Gasteiger partial charge in [0.1, 0.15) is 34.9 Å². The molecule has 1 unspecified atom stereocenters. The third-order valence-corrected chi connectivity index (χ3v) is 10.4. The maximum atomic E-state index is 13.2. The molecule has 3 fully saturated rings. The van der Waals surface area contributed by atoms with E-state index < -0.39 is 17.5 Å². The minimum Gasteiger partial charge on any atom is -0.494 e. The van der Waals surface area contributed by atoms with Crippen molar-refractivity contribution in [2.45, 2.75) is 63.1 Å². The van der Waals surface area contributed by atoms with Gasteiger partial charge in [-0.15, -0.1) is 5.10 Å². The van der Waals surface area contributed by atoms with E-state index in [2.05, 4.69) is 35.7 Å². The summed E-state index contributed by atoms with van der Waals surface area (Å²) < 4.78 is 13.1. The lowest BCUT2D eigenvalue weighted by Gasteiger charge is -2.35. The summed E-state index contributed by atoms with van der Waals surface area (Å²) in [5, 5.41) is 23.2. The van der Waals surface area contributed by atoms with Crippen molar-refractivity contribution in [3.05, 3.63) is 81.2 Å². The molecule has 7 rings (SSSR count). The zero-order valence-corrected chi connectivity index (χ0v) is 30.3. The van der Waals surface area contributed by atoms with Gasteiger partial charge in [-0.3, -0.25) is 29.4 Å². The predicted molar refractivity (Wildman–Crippen MR) is 199 cm³/mol. The first-order chi connectivity index (χ1) is 26.2. The van der Waals surface area contributed by atoms with Crippen molar-refractivity contribution in [2.24, 2.45) is 0 Å². The van der Waals surface area contributed by atoms with E-state index in [4.69, 9.17) is 26.3 Å². The Kier molecular flexibility index (Phi) is 11.3. The minimum absolute atomic E-state index is 0.0298. The number of nitrogens with zero attached hydrogens (tertiary/aromatic N) is 7. The Morgan fingerprint density at radius 3 is 2.50 bits per heavy atom. The first kappa shape index (κ1) is 36.8. The largest absolute Gasteiger partial charge is 0.494 e. The monoisotopic (exact) mass is 753 g/mol. The molecule has 2 aromatic heterocycles. The molecular formula is C38H40ClN9O6. The molecule has 2 aliphatic heterocycles. The number of benzene rings is 2. The maximum absolute atomic E-state index is 13.2. The van der Waals surface area contributed by atoms with Crippen LogP contribution < -0.4 is 30.6 Å². The number of hydrogen-bond donors (Lipinski definition) is 2. The second-order valence-electron chi connectivity index (χ2n) is 13.7. The van der Waals surface area contributed by atoms with Crippen LogP contribution in [-0.2, 0) is 9.59 Å². The number of ether oxygens (including phenoxy) is 2. The molecule has 1 saturated carbocycles. The molecule has 3 aliphatic rings. The number of carbonyl (C=O) groups is 3. The van der Waals surface area contributed by atoms with Crippen molar-refractivity contribution in [3.63, 3.8) is 0 Å². The Bertz CT molecular complexity index is 2120. The molecule has 280 valence electrons. The van der Waals surface area contributed by atoms with E-state index in [0.717, 1.165) is 75.3 Å². The second-order valence-corrected chi connectivity index (χ2v) is 14.1. The Labute approximate surface area is 316 Å². The molecule has 4 aromatic rings. The van der Waals surface area contributed by atoms with Gasteiger partial charge in [-0.1, -0.05) is 16.8 Å². The highest BCUT2D eigenvalue weighted by molar-refractivity contribution is 6.31. The summed E-state index contributed by atoms with van der Waals surface area (Å²) >= 11 is 6.14. The van der Waals surface area contributed by atoms with Crippen LogP contribution in [0.4, 0.5) is 5.82 Å². The van der Waals surface area contributed by atoms with Gasteiger partial charge in [-0.2, -0.15) is 9.94 Å². The van der Waals surface area contributed by atoms with E-state index in [1.807, 2.05) is 18.2 Å². The summed E-state index contributed by atoms with van der Waals surface area (Å²) in [6, 6.07) is 15.1. The first-order valence-electron chi connectivity index (χ1n) is 18.2. The average molecular weight is 754 g/mol. The molecule has 1 aliphatic carbocycles. The molecule has 0 bridgehead atoms. The molecule has 1 atom stereocenters. The molecule has 15 nitrogen and oxygen atoms in total. The zero-order valence-electron chi connectivity index (χ0n) is 29.6. The van der Waals surface area contributed by atoms with E-state index in [1.54, 1.807) is 42.6 Å². The summed E-state index contributed by atoms with van der Waals surface area (Å²) in [5.41, 5.74) is 0.886. The van der Waals surface area contributed by atoms with E-state index >= 15 is 0 Å². The third kappa shape index (κ3) is 8.61. The molecule has 0 radical (unpaired) electrons. The smallest absolute Gasteiger partial charge is 0.278 e. The van der Waals surface area contributed by atoms with Crippen molar-refractivity contribution in [1.29, 1.82) is 5.26 Å². The van der Waals surface area contributed by atoms with Gasteiger partial charge in [-0.25, -0.2) is 4.98 Å². The summed E-state index contributed by atoms with van der Waals surface area (Å²) in [5.74, 6) is 0.952. The van der Waals surface area contributed by atoms with Crippen LogP contribution in [0.5, 0.6) is 11.5 Å². The number of piperidine rings is 1. The molecule has 2 N–H and O–H groups in total. The number of hydrogen-bond acceptors (Lipinski definition) is 12. The lowest BCUT2D eigenvalue weighted by atomic mass is 9.92.